The molecule has 3 nitrogen and oxygen atoms in total. The Bertz CT molecular complexity index is 1130. The van der Waals surface area contributed by atoms with E-state index in [1.54, 1.807) is 0 Å². The van der Waals surface area contributed by atoms with Crippen molar-refractivity contribution in [2.75, 3.05) is 5.32 Å². The van der Waals surface area contributed by atoms with Gasteiger partial charge >= 0.3 is 0 Å². The largest absolute Gasteiger partial charge is 0.322 e. The average molecular weight is 366 g/mol. The highest BCUT2D eigenvalue weighted by Gasteiger charge is 2.19. The number of nitrogens with zero attached hydrogens (tertiary/aromatic N) is 1. The Labute approximate surface area is 165 Å². The number of fused-ring (bicyclic) bond motifs is 1. The van der Waals surface area contributed by atoms with Crippen LogP contribution in [-0.4, -0.2) is 10.9 Å². The number of hydrogen-bond acceptors (Lipinski definition) is 2. The summed E-state index contributed by atoms with van der Waals surface area (Å²) in [7, 11) is 0. The quantitative estimate of drug-likeness (QED) is 0.479. The molecule has 0 aliphatic heterocycles. The van der Waals surface area contributed by atoms with E-state index in [-0.39, 0.29) is 5.91 Å². The van der Waals surface area contributed by atoms with Gasteiger partial charge in [0.1, 0.15) is 0 Å². The van der Waals surface area contributed by atoms with Crippen molar-refractivity contribution >= 4 is 22.5 Å². The van der Waals surface area contributed by atoms with Crippen LogP contribution in [0.5, 0.6) is 0 Å². The number of aryl methyl sites for hydroxylation is 1. The Balaban J connectivity index is 1.82. The van der Waals surface area contributed by atoms with Gasteiger partial charge in [0.2, 0.25) is 0 Å². The van der Waals surface area contributed by atoms with E-state index in [0.717, 1.165) is 39.8 Å². The Hall–Kier alpha value is -3.46. The highest BCUT2D eigenvalue weighted by Crippen LogP contribution is 2.30. The molecule has 1 amide bonds. The summed E-state index contributed by atoms with van der Waals surface area (Å²) in [6, 6.07) is 25.8. The molecule has 4 rings (SSSR count). The third-order valence-corrected chi connectivity index (χ3v) is 5.03. The van der Waals surface area contributed by atoms with Crippen molar-refractivity contribution in [3.8, 4) is 11.3 Å². The fourth-order valence-corrected chi connectivity index (χ4v) is 3.49. The van der Waals surface area contributed by atoms with E-state index < -0.39 is 0 Å². The second-order valence-corrected chi connectivity index (χ2v) is 6.85. The molecule has 138 valence electrons. The number of rotatable bonds is 4. The second-order valence-electron chi connectivity index (χ2n) is 6.85. The zero-order valence-corrected chi connectivity index (χ0v) is 16.1. The number of para-hydroxylation sites is 1. The molecule has 0 saturated heterocycles. The van der Waals surface area contributed by atoms with Crippen LogP contribution in [0.15, 0.2) is 78.9 Å². The van der Waals surface area contributed by atoms with Crippen molar-refractivity contribution in [3.05, 3.63) is 95.6 Å². The second kappa shape index (κ2) is 7.65. The third-order valence-electron chi connectivity index (χ3n) is 5.03. The van der Waals surface area contributed by atoms with Crippen LogP contribution in [0.4, 0.5) is 5.69 Å². The first-order valence-corrected chi connectivity index (χ1v) is 9.52. The van der Waals surface area contributed by atoms with E-state index in [9.17, 15) is 4.79 Å². The summed E-state index contributed by atoms with van der Waals surface area (Å²) in [4.78, 5) is 18.1. The topological polar surface area (TPSA) is 42.0 Å². The first kappa shape index (κ1) is 17.9. The van der Waals surface area contributed by atoms with Gasteiger partial charge in [0.05, 0.1) is 16.8 Å². The number of benzene rings is 3. The summed E-state index contributed by atoms with van der Waals surface area (Å²) < 4.78 is 0. The van der Waals surface area contributed by atoms with E-state index in [1.807, 2.05) is 85.8 Å². The molecule has 4 aromatic rings. The van der Waals surface area contributed by atoms with E-state index in [4.69, 9.17) is 4.98 Å². The monoisotopic (exact) mass is 366 g/mol. The normalized spacial score (nSPS) is 10.8. The van der Waals surface area contributed by atoms with Gasteiger partial charge in [0, 0.05) is 16.6 Å². The molecule has 0 bridgehead atoms. The van der Waals surface area contributed by atoms with Gasteiger partial charge < -0.3 is 5.32 Å². The van der Waals surface area contributed by atoms with E-state index in [2.05, 4.69) is 12.2 Å². The standard InChI is InChI=1S/C25H22N2O/c1-3-18-13-15-20(16-14-18)26-25(28)23-17(2)24(19-9-5-4-6-10-19)27-22-12-8-7-11-21(22)23/h4-16H,3H2,1-2H3,(H,26,28). The fourth-order valence-electron chi connectivity index (χ4n) is 3.49. The molecule has 1 N–H and O–H groups in total. The molecule has 3 heteroatoms. The molecule has 0 saturated carbocycles. The highest BCUT2D eigenvalue weighted by atomic mass is 16.1. The van der Waals surface area contributed by atoms with Crippen LogP contribution in [0.1, 0.15) is 28.4 Å². The summed E-state index contributed by atoms with van der Waals surface area (Å²) in [5, 5.41) is 3.92. The zero-order valence-electron chi connectivity index (χ0n) is 16.1. The molecular weight excluding hydrogens is 344 g/mol. The molecule has 0 unspecified atom stereocenters. The maximum Gasteiger partial charge on any atom is 0.256 e. The third kappa shape index (κ3) is 3.39. The fraction of sp³-hybridized carbons (Fsp3) is 0.120. The number of carbonyl (C=O) groups excluding carboxylic acids is 1. The molecule has 0 fully saturated rings. The van der Waals surface area contributed by atoms with Crippen molar-refractivity contribution < 1.29 is 4.79 Å². The van der Waals surface area contributed by atoms with Gasteiger partial charge in [-0.15, -0.1) is 0 Å². The number of pyridine rings is 1. The number of anilines is 1. The number of hydrogen-bond donors (Lipinski definition) is 1. The first-order chi connectivity index (χ1) is 13.7. The van der Waals surface area contributed by atoms with Crippen LogP contribution in [0.3, 0.4) is 0 Å². The van der Waals surface area contributed by atoms with Crippen molar-refractivity contribution in [2.45, 2.75) is 20.3 Å². The van der Waals surface area contributed by atoms with Gasteiger partial charge in [0.15, 0.2) is 0 Å². The first-order valence-electron chi connectivity index (χ1n) is 9.52. The summed E-state index contributed by atoms with van der Waals surface area (Å²) in [6.07, 6.45) is 0.975. The zero-order chi connectivity index (χ0) is 19.5. The lowest BCUT2D eigenvalue weighted by Crippen LogP contribution is -2.15. The lowest BCUT2D eigenvalue weighted by molar-refractivity contribution is 0.102. The maximum atomic E-state index is 13.2. The molecule has 0 aliphatic rings. The number of carbonyl (C=O) groups is 1. The van der Waals surface area contributed by atoms with Gasteiger partial charge in [0.25, 0.3) is 5.91 Å². The van der Waals surface area contributed by atoms with Gasteiger partial charge in [-0.1, -0.05) is 67.6 Å². The van der Waals surface area contributed by atoms with Crippen LogP contribution in [0.2, 0.25) is 0 Å². The summed E-state index contributed by atoms with van der Waals surface area (Å²) in [5.41, 5.74) is 6.26. The van der Waals surface area contributed by atoms with E-state index in [0.29, 0.717) is 5.56 Å². The van der Waals surface area contributed by atoms with Gasteiger partial charge in [-0.3, -0.25) is 4.79 Å². The van der Waals surface area contributed by atoms with E-state index >= 15 is 0 Å². The predicted molar refractivity (Wildman–Crippen MR) is 116 cm³/mol. The average Bonchev–Trinajstić information content (AvgIpc) is 2.74. The summed E-state index contributed by atoms with van der Waals surface area (Å²) in [5.74, 6) is -0.113. The van der Waals surface area contributed by atoms with Crippen LogP contribution in [0, 0.1) is 6.92 Å². The summed E-state index contributed by atoms with van der Waals surface area (Å²) in [6.45, 7) is 4.09. The molecule has 28 heavy (non-hydrogen) atoms. The Morgan fingerprint density at radius 3 is 2.29 bits per heavy atom. The molecular formula is C25H22N2O. The van der Waals surface area contributed by atoms with Gasteiger partial charge in [-0.25, -0.2) is 4.98 Å². The molecule has 0 spiro atoms. The predicted octanol–water partition coefficient (Wildman–Crippen LogP) is 6.02. The molecule has 1 aromatic heterocycles. The smallest absolute Gasteiger partial charge is 0.256 e. The van der Waals surface area contributed by atoms with Crippen LogP contribution >= 0.6 is 0 Å². The minimum Gasteiger partial charge on any atom is -0.322 e. The van der Waals surface area contributed by atoms with Crippen LogP contribution in [0.25, 0.3) is 22.2 Å². The molecule has 3 aromatic carbocycles. The van der Waals surface area contributed by atoms with Crippen molar-refractivity contribution in [1.29, 1.82) is 0 Å². The number of amides is 1. The Kier molecular flexibility index (Phi) is 4.90. The Morgan fingerprint density at radius 1 is 0.893 bits per heavy atom. The SMILES string of the molecule is CCc1ccc(NC(=O)c2c(C)c(-c3ccccc3)nc3ccccc23)cc1. The van der Waals surface area contributed by atoms with Crippen LogP contribution < -0.4 is 5.32 Å². The minimum atomic E-state index is -0.113. The molecule has 0 radical (unpaired) electrons. The van der Waals surface area contributed by atoms with Crippen molar-refractivity contribution in [1.82, 2.24) is 4.98 Å². The van der Waals surface area contributed by atoms with Gasteiger partial charge in [-0.05, 0) is 42.7 Å². The molecule has 0 atom stereocenters. The van der Waals surface area contributed by atoms with Crippen molar-refractivity contribution in [3.63, 3.8) is 0 Å². The molecule has 0 aliphatic carbocycles. The lowest BCUT2D eigenvalue weighted by Gasteiger charge is -2.15. The van der Waals surface area contributed by atoms with Crippen molar-refractivity contribution in [2.24, 2.45) is 0 Å². The van der Waals surface area contributed by atoms with E-state index in [1.165, 1.54) is 5.56 Å². The highest BCUT2D eigenvalue weighted by molar-refractivity contribution is 6.14. The summed E-state index contributed by atoms with van der Waals surface area (Å²) >= 11 is 0. The maximum absolute atomic E-state index is 13.2. The molecule has 1 heterocycles. The van der Waals surface area contributed by atoms with Crippen LogP contribution in [-0.2, 0) is 6.42 Å². The number of nitrogens with one attached hydrogen (secondary N) is 1. The Morgan fingerprint density at radius 2 is 1.57 bits per heavy atom. The lowest BCUT2D eigenvalue weighted by atomic mass is 9.97. The van der Waals surface area contributed by atoms with Gasteiger partial charge in [-0.2, -0.15) is 0 Å². The minimum absolute atomic E-state index is 0.113. The number of aromatic nitrogens is 1.